The van der Waals surface area contributed by atoms with E-state index in [1.807, 2.05) is 40.8 Å². The molecule has 0 saturated carbocycles. The van der Waals surface area contributed by atoms with Crippen molar-refractivity contribution in [1.82, 2.24) is 19.2 Å². The molecule has 2 aliphatic rings. The largest absolute Gasteiger partial charge is 0.378 e. The van der Waals surface area contributed by atoms with Crippen LogP contribution in [0.15, 0.2) is 24.5 Å². The highest BCUT2D eigenvalue weighted by molar-refractivity contribution is 5.79. The van der Waals surface area contributed by atoms with Crippen LogP contribution in [0.3, 0.4) is 0 Å². The number of rotatable bonds is 4. The highest BCUT2D eigenvalue weighted by Gasteiger charge is 2.36. The summed E-state index contributed by atoms with van der Waals surface area (Å²) >= 11 is 0. The van der Waals surface area contributed by atoms with Crippen molar-refractivity contribution in [2.45, 2.75) is 45.2 Å². The SMILES string of the molecule is CCC[C@H]1COC[C@H]2CN(C(=O)Cc3cnc4c(C)cccn34)CCN12. The molecule has 2 aromatic rings. The topological polar surface area (TPSA) is 50.1 Å². The lowest BCUT2D eigenvalue weighted by Crippen LogP contribution is -2.62. The molecule has 26 heavy (non-hydrogen) atoms. The Morgan fingerprint density at radius 2 is 2.23 bits per heavy atom. The van der Waals surface area contributed by atoms with Crippen LogP contribution in [-0.2, 0) is 16.0 Å². The average molecular weight is 356 g/mol. The average Bonchev–Trinajstić information content (AvgIpc) is 3.06. The molecule has 0 spiro atoms. The fraction of sp³-hybridized carbons (Fsp3) is 0.600. The standard InChI is InChI=1S/C20H28N4O2/c1-3-5-16-13-26-14-18-12-22(8-9-23(16)18)19(25)10-17-11-21-20-15(2)6-4-7-24(17)20/h4,6-7,11,16,18H,3,5,8-10,12-14H2,1-2H3/t16-,18+/m0/s1. The second-order valence-corrected chi connectivity index (χ2v) is 7.52. The van der Waals surface area contributed by atoms with Crippen molar-refractivity contribution in [1.29, 1.82) is 0 Å². The Labute approximate surface area is 154 Å². The molecule has 0 unspecified atom stereocenters. The zero-order chi connectivity index (χ0) is 18.1. The van der Waals surface area contributed by atoms with E-state index in [-0.39, 0.29) is 5.91 Å². The number of carbonyl (C=O) groups is 1. The lowest BCUT2D eigenvalue weighted by Gasteiger charge is -2.48. The van der Waals surface area contributed by atoms with Gasteiger partial charge in [0.05, 0.1) is 31.4 Å². The van der Waals surface area contributed by atoms with Gasteiger partial charge in [0.25, 0.3) is 0 Å². The van der Waals surface area contributed by atoms with Crippen molar-refractivity contribution in [2.75, 3.05) is 32.8 Å². The first kappa shape index (κ1) is 17.5. The third kappa shape index (κ3) is 3.23. The first-order valence-corrected chi connectivity index (χ1v) is 9.70. The Balaban J connectivity index is 1.43. The second-order valence-electron chi connectivity index (χ2n) is 7.52. The molecule has 1 amide bonds. The lowest BCUT2D eigenvalue weighted by atomic mass is 10.0. The van der Waals surface area contributed by atoms with Crippen molar-refractivity contribution in [2.24, 2.45) is 0 Å². The van der Waals surface area contributed by atoms with Gasteiger partial charge in [-0.3, -0.25) is 9.69 Å². The minimum atomic E-state index is 0.186. The van der Waals surface area contributed by atoms with Crippen LogP contribution in [0.5, 0.6) is 0 Å². The van der Waals surface area contributed by atoms with E-state index in [1.165, 1.54) is 12.8 Å². The minimum absolute atomic E-state index is 0.186. The highest BCUT2D eigenvalue weighted by Crippen LogP contribution is 2.22. The van der Waals surface area contributed by atoms with Crippen LogP contribution in [0.2, 0.25) is 0 Å². The minimum Gasteiger partial charge on any atom is -0.378 e. The maximum atomic E-state index is 12.9. The van der Waals surface area contributed by atoms with E-state index in [0.717, 1.165) is 49.8 Å². The summed E-state index contributed by atoms with van der Waals surface area (Å²) in [4.78, 5) is 21.9. The van der Waals surface area contributed by atoms with Gasteiger partial charge in [0.15, 0.2) is 0 Å². The third-order valence-electron chi connectivity index (χ3n) is 5.73. The van der Waals surface area contributed by atoms with Crippen molar-refractivity contribution in [3.05, 3.63) is 35.8 Å². The normalized spacial score (nSPS) is 24.0. The number of ether oxygens (including phenoxy) is 1. The fourth-order valence-electron chi connectivity index (χ4n) is 4.34. The van der Waals surface area contributed by atoms with Crippen LogP contribution >= 0.6 is 0 Å². The zero-order valence-corrected chi connectivity index (χ0v) is 15.7. The first-order chi connectivity index (χ1) is 12.7. The van der Waals surface area contributed by atoms with E-state index >= 15 is 0 Å². The highest BCUT2D eigenvalue weighted by atomic mass is 16.5. The molecule has 2 aromatic heterocycles. The van der Waals surface area contributed by atoms with Gasteiger partial charge in [-0.05, 0) is 25.0 Å². The number of imidazole rings is 1. The third-order valence-corrected chi connectivity index (χ3v) is 5.73. The monoisotopic (exact) mass is 356 g/mol. The number of fused-ring (bicyclic) bond motifs is 2. The maximum Gasteiger partial charge on any atom is 0.228 e. The van der Waals surface area contributed by atoms with Crippen LogP contribution in [0.25, 0.3) is 5.65 Å². The molecule has 0 aromatic carbocycles. The number of piperazine rings is 1. The molecule has 0 radical (unpaired) electrons. The number of pyridine rings is 1. The van der Waals surface area contributed by atoms with E-state index < -0.39 is 0 Å². The van der Waals surface area contributed by atoms with Gasteiger partial charge < -0.3 is 14.0 Å². The Morgan fingerprint density at radius 3 is 3.08 bits per heavy atom. The molecule has 6 nitrogen and oxygen atoms in total. The molecule has 0 aliphatic carbocycles. The molecule has 2 aliphatic heterocycles. The van der Waals surface area contributed by atoms with Gasteiger partial charge in [-0.1, -0.05) is 19.4 Å². The summed E-state index contributed by atoms with van der Waals surface area (Å²) in [5, 5.41) is 0. The van der Waals surface area contributed by atoms with Crippen LogP contribution < -0.4 is 0 Å². The van der Waals surface area contributed by atoms with E-state index in [2.05, 4.69) is 16.8 Å². The predicted octanol–water partition coefficient (Wildman–Crippen LogP) is 1.90. The lowest BCUT2D eigenvalue weighted by molar-refractivity contribution is -0.139. The Hall–Kier alpha value is -1.92. The number of aryl methyl sites for hydroxylation is 1. The summed E-state index contributed by atoms with van der Waals surface area (Å²) in [5.41, 5.74) is 3.02. The smallest absolute Gasteiger partial charge is 0.228 e. The fourth-order valence-corrected chi connectivity index (χ4v) is 4.34. The predicted molar refractivity (Wildman–Crippen MR) is 100 cm³/mol. The molecule has 2 saturated heterocycles. The maximum absolute atomic E-state index is 12.9. The first-order valence-electron chi connectivity index (χ1n) is 9.70. The summed E-state index contributed by atoms with van der Waals surface area (Å²) in [7, 11) is 0. The van der Waals surface area contributed by atoms with E-state index in [0.29, 0.717) is 18.5 Å². The summed E-state index contributed by atoms with van der Waals surface area (Å²) in [5.74, 6) is 0.186. The van der Waals surface area contributed by atoms with Crippen molar-refractivity contribution >= 4 is 11.6 Å². The van der Waals surface area contributed by atoms with Crippen molar-refractivity contribution in [3.8, 4) is 0 Å². The van der Waals surface area contributed by atoms with Crippen LogP contribution in [0.1, 0.15) is 31.0 Å². The Bertz CT molecular complexity index is 785. The van der Waals surface area contributed by atoms with Gasteiger partial charge in [0.2, 0.25) is 5.91 Å². The molecular weight excluding hydrogens is 328 g/mol. The summed E-state index contributed by atoms with van der Waals surface area (Å²) in [6.07, 6.45) is 6.56. The summed E-state index contributed by atoms with van der Waals surface area (Å²) < 4.78 is 7.85. The Morgan fingerprint density at radius 1 is 1.35 bits per heavy atom. The van der Waals surface area contributed by atoms with Crippen LogP contribution in [0.4, 0.5) is 0 Å². The molecule has 4 rings (SSSR count). The molecule has 4 heterocycles. The molecule has 2 atom stereocenters. The quantitative estimate of drug-likeness (QED) is 0.840. The number of morpholine rings is 1. The molecule has 2 fully saturated rings. The molecule has 140 valence electrons. The molecular formula is C20H28N4O2. The van der Waals surface area contributed by atoms with E-state index in [9.17, 15) is 4.79 Å². The van der Waals surface area contributed by atoms with Gasteiger partial charge in [-0.15, -0.1) is 0 Å². The van der Waals surface area contributed by atoms with Gasteiger partial charge in [-0.25, -0.2) is 4.98 Å². The van der Waals surface area contributed by atoms with Crippen LogP contribution in [-0.4, -0.2) is 70.0 Å². The van der Waals surface area contributed by atoms with Crippen molar-refractivity contribution in [3.63, 3.8) is 0 Å². The van der Waals surface area contributed by atoms with Crippen LogP contribution in [0, 0.1) is 6.92 Å². The van der Waals surface area contributed by atoms with Crippen molar-refractivity contribution < 1.29 is 9.53 Å². The summed E-state index contributed by atoms with van der Waals surface area (Å²) in [6.45, 7) is 8.37. The number of hydrogen-bond donors (Lipinski definition) is 0. The number of carbonyl (C=O) groups excluding carboxylic acids is 1. The molecule has 0 bridgehead atoms. The Kier molecular flexibility index (Phi) is 4.96. The van der Waals surface area contributed by atoms with E-state index in [1.54, 1.807) is 0 Å². The number of aromatic nitrogens is 2. The zero-order valence-electron chi connectivity index (χ0n) is 15.7. The number of amides is 1. The van der Waals surface area contributed by atoms with E-state index in [4.69, 9.17) is 4.74 Å². The molecule has 0 N–H and O–H groups in total. The van der Waals surface area contributed by atoms with Gasteiger partial charge in [-0.2, -0.15) is 0 Å². The number of nitrogens with zero attached hydrogens (tertiary/aromatic N) is 4. The van der Waals surface area contributed by atoms with Gasteiger partial charge in [0.1, 0.15) is 5.65 Å². The van der Waals surface area contributed by atoms with Gasteiger partial charge >= 0.3 is 0 Å². The second kappa shape index (κ2) is 7.37. The van der Waals surface area contributed by atoms with Gasteiger partial charge in [0, 0.05) is 38.1 Å². The number of hydrogen-bond acceptors (Lipinski definition) is 4. The summed E-state index contributed by atoms with van der Waals surface area (Å²) in [6, 6.07) is 4.90. The molecule has 6 heteroatoms.